The lowest BCUT2D eigenvalue weighted by Gasteiger charge is -2.32. The summed E-state index contributed by atoms with van der Waals surface area (Å²) < 4.78 is 5.46. The molecule has 0 spiro atoms. The Balaban J connectivity index is 1.46. The Morgan fingerprint density at radius 1 is 1.19 bits per heavy atom. The number of nitro benzene ring substituents is 1. The summed E-state index contributed by atoms with van der Waals surface area (Å²) in [5.41, 5.74) is 1.18. The lowest BCUT2D eigenvalue weighted by atomic mass is 10.2. The number of amides is 1. The molecule has 7 nitrogen and oxygen atoms in total. The average Bonchev–Trinajstić information content (AvgIpc) is 2.68. The summed E-state index contributed by atoms with van der Waals surface area (Å²) in [5.74, 6) is 0.159. The number of carbonyl (C=O) groups excluding carboxylic acids is 1. The Bertz CT molecular complexity index is 808. The van der Waals surface area contributed by atoms with E-state index in [9.17, 15) is 14.9 Å². The van der Waals surface area contributed by atoms with Crippen LogP contribution in [0.15, 0.2) is 48.5 Å². The van der Waals surface area contributed by atoms with E-state index < -0.39 is 4.92 Å². The van der Waals surface area contributed by atoms with Crippen molar-refractivity contribution in [3.63, 3.8) is 0 Å². The second-order valence-electron chi connectivity index (χ2n) is 6.45. The topological polar surface area (TPSA) is 77.1 Å². The lowest BCUT2D eigenvalue weighted by Crippen LogP contribution is -3.13. The quantitative estimate of drug-likeness (QED) is 0.599. The van der Waals surface area contributed by atoms with E-state index in [1.54, 1.807) is 4.90 Å². The number of nitrogens with zero attached hydrogens (tertiary/aromatic N) is 2. The molecule has 0 radical (unpaired) electrons. The molecule has 1 fully saturated rings. The van der Waals surface area contributed by atoms with E-state index in [2.05, 4.69) is 12.1 Å². The monoisotopic (exact) mass is 390 g/mol. The maximum absolute atomic E-state index is 12.4. The first-order valence-corrected chi connectivity index (χ1v) is 9.13. The van der Waals surface area contributed by atoms with Crippen LogP contribution in [0.4, 0.5) is 5.69 Å². The summed E-state index contributed by atoms with van der Waals surface area (Å²) in [7, 11) is 0. The van der Waals surface area contributed by atoms with Gasteiger partial charge in [0.15, 0.2) is 6.61 Å². The first-order valence-electron chi connectivity index (χ1n) is 8.75. The minimum absolute atomic E-state index is 0.108. The zero-order chi connectivity index (χ0) is 19.2. The molecule has 0 atom stereocenters. The number of nitro groups is 1. The number of carbonyl (C=O) groups is 1. The van der Waals surface area contributed by atoms with E-state index in [1.807, 2.05) is 18.2 Å². The molecule has 0 saturated carbocycles. The summed E-state index contributed by atoms with van der Waals surface area (Å²) in [4.78, 5) is 25.8. The Labute approximate surface area is 162 Å². The maximum atomic E-state index is 12.4. The van der Waals surface area contributed by atoms with Gasteiger partial charge in [-0.3, -0.25) is 14.9 Å². The van der Waals surface area contributed by atoms with Crippen molar-refractivity contribution in [3.05, 3.63) is 69.2 Å². The summed E-state index contributed by atoms with van der Waals surface area (Å²) in [6, 6.07) is 14.2. The molecule has 0 bridgehead atoms. The Morgan fingerprint density at radius 3 is 2.52 bits per heavy atom. The fourth-order valence-electron chi connectivity index (χ4n) is 3.08. The van der Waals surface area contributed by atoms with Crippen molar-refractivity contribution >= 4 is 23.2 Å². The van der Waals surface area contributed by atoms with Crippen LogP contribution in [0.3, 0.4) is 0 Å². The molecule has 1 aliphatic heterocycles. The van der Waals surface area contributed by atoms with Gasteiger partial charge in [0.05, 0.1) is 36.1 Å². The molecule has 0 aliphatic carbocycles. The van der Waals surface area contributed by atoms with E-state index in [4.69, 9.17) is 16.3 Å². The molecular formula is C19H21ClN3O4+. The van der Waals surface area contributed by atoms with Crippen LogP contribution in [-0.2, 0) is 11.3 Å². The van der Waals surface area contributed by atoms with Gasteiger partial charge in [-0.25, -0.2) is 0 Å². The number of benzene rings is 2. The van der Waals surface area contributed by atoms with Gasteiger partial charge >= 0.3 is 0 Å². The second-order valence-corrected chi connectivity index (χ2v) is 6.86. The normalized spacial score (nSPS) is 14.8. The highest BCUT2D eigenvalue weighted by molar-refractivity contribution is 6.32. The summed E-state index contributed by atoms with van der Waals surface area (Å²) in [5, 5.41) is 10.8. The van der Waals surface area contributed by atoms with Crippen LogP contribution in [-0.4, -0.2) is 48.5 Å². The number of hydrogen-bond acceptors (Lipinski definition) is 4. The van der Waals surface area contributed by atoms with Gasteiger partial charge in [0.25, 0.3) is 11.6 Å². The number of ether oxygens (including phenoxy) is 1. The van der Waals surface area contributed by atoms with Crippen LogP contribution in [0.1, 0.15) is 5.56 Å². The third-order valence-corrected chi connectivity index (χ3v) is 4.89. The highest BCUT2D eigenvalue weighted by Crippen LogP contribution is 2.28. The molecular weight excluding hydrogens is 370 g/mol. The minimum Gasteiger partial charge on any atom is -0.482 e. The van der Waals surface area contributed by atoms with Crippen molar-refractivity contribution < 1.29 is 19.4 Å². The maximum Gasteiger partial charge on any atom is 0.271 e. The van der Waals surface area contributed by atoms with Crippen molar-refractivity contribution in [1.29, 1.82) is 0 Å². The highest BCUT2D eigenvalue weighted by atomic mass is 35.5. The number of halogens is 1. The van der Waals surface area contributed by atoms with Crippen LogP contribution in [0.2, 0.25) is 5.02 Å². The van der Waals surface area contributed by atoms with Gasteiger partial charge in [-0.1, -0.05) is 41.9 Å². The van der Waals surface area contributed by atoms with Crippen LogP contribution >= 0.6 is 11.6 Å². The van der Waals surface area contributed by atoms with Gasteiger partial charge in [0.1, 0.15) is 12.3 Å². The number of hydrogen-bond donors (Lipinski definition) is 1. The second kappa shape index (κ2) is 8.83. The van der Waals surface area contributed by atoms with Crippen molar-refractivity contribution in [2.45, 2.75) is 6.54 Å². The molecule has 0 aromatic heterocycles. The molecule has 27 heavy (non-hydrogen) atoms. The van der Waals surface area contributed by atoms with Gasteiger partial charge < -0.3 is 14.5 Å². The highest BCUT2D eigenvalue weighted by Gasteiger charge is 2.24. The molecule has 3 rings (SSSR count). The SMILES string of the molecule is O=C(COc1ccc([N+](=O)[O-])cc1Cl)N1CC[NH+](Cc2ccccc2)CC1. The molecule has 2 aromatic carbocycles. The zero-order valence-electron chi connectivity index (χ0n) is 14.8. The van der Waals surface area contributed by atoms with Gasteiger partial charge in [-0.15, -0.1) is 0 Å². The minimum atomic E-state index is -0.530. The molecule has 1 amide bonds. The van der Waals surface area contributed by atoms with Gasteiger partial charge in [-0.2, -0.15) is 0 Å². The van der Waals surface area contributed by atoms with Gasteiger partial charge in [0, 0.05) is 17.7 Å². The molecule has 1 aliphatic rings. The van der Waals surface area contributed by atoms with Crippen LogP contribution in [0, 0.1) is 10.1 Å². The summed E-state index contributed by atoms with van der Waals surface area (Å²) in [6.45, 7) is 3.96. The molecule has 1 saturated heterocycles. The molecule has 1 N–H and O–H groups in total. The number of rotatable bonds is 6. The third-order valence-electron chi connectivity index (χ3n) is 4.60. The Kier molecular flexibility index (Phi) is 6.26. The Morgan fingerprint density at radius 2 is 1.89 bits per heavy atom. The molecule has 142 valence electrons. The lowest BCUT2D eigenvalue weighted by molar-refractivity contribution is -0.917. The standard InChI is InChI=1S/C19H20ClN3O4/c20-17-12-16(23(25)26)6-7-18(17)27-14-19(24)22-10-8-21(9-11-22)13-15-4-2-1-3-5-15/h1-7,12H,8-11,13-14H2/p+1. The first kappa shape index (κ1) is 19.1. The fraction of sp³-hybridized carbons (Fsp3) is 0.316. The van der Waals surface area contributed by atoms with Crippen molar-refractivity contribution in [1.82, 2.24) is 4.90 Å². The van der Waals surface area contributed by atoms with E-state index in [1.165, 1.54) is 28.7 Å². The number of piperazine rings is 1. The van der Waals surface area contributed by atoms with E-state index in [0.29, 0.717) is 13.1 Å². The van der Waals surface area contributed by atoms with Gasteiger partial charge in [-0.05, 0) is 6.07 Å². The summed E-state index contributed by atoms with van der Waals surface area (Å²) in [6.07, 6.45) is 0. The van der Waals surface area contributed by atoms with E-state index in [-0.39, 0.29) is 29.0 Å². The van der Waals surface area contributed by atoms with Crippen LogP contribution < -0.4 is 9.64 Å². The number of quaternary nitrogens is 1. The Hall–Kier alpha value is -2.64. The van der Waals surface area contributed by atoms with Crippen LogP contribution in [0.25, 0.3) is 0 Å². The number of non-ortho nitro benzene ring substituents is 1. The van der Waals surface area contributed by atoms with Gasteiger partial charge in [0.2, 0.25) is 0 Å². The first-order chi connectivity index (χ1) is 13.0. The largest absolute Gasteiger partial charge is 0.482 e. The predicted octanol–water partition coefficient (Wildman–Crippen LogP) is 1.55. The van der Waals surface area contributed by atoms with Crippen molar-refractivity contribution in [3.8, 4) is 5.75 Å². The fourth-order valence-corrected chi connectivity index (χ4v) is 3.31. The molecule has 2 aromatic rings. The van der Waals surface area contributed by atoms with E-state index in [0.717, 1.165) is 19.6 Å². The average molecular weight is 391 g/mol. The third kappa shape index (κ3) is 5.18. The van der Waals surface area contributed by atoms with Crippen molar-refractivity contribution in [2.24, 2.45) is 0 Å². The smallest absolute Gasteiger partial charge is 0.271 e. The van der Waals surface area contributed by atoms with E-state index >= 15 is 0 Å². The van der Waals surface area contributed by atoms with Crippen molar-refractivity contribution in [2.75, 3.05) is 32.8 Å². The summed E-state index contributed by atoms with van der Waals surface area (Å²) >= 11 is 5.98. The predicted molar refractivity (Wildman–Crippen MR) is 101 cm³/mol. The molecule has 8 heteroatoms. The van der Waals surface area contributed by atoms with Crippen LogP contribution in [0.5, 0.6) is 5.75 Å². The number of nitrogens with one attached hydrogen (secondary N) is 1. The molecule has 0 unspecified atom stereocenters. The molecule has 1 heterocycles. The zero-order valence-corrected chi connectivity index (χ0v) is 15.5.